The van der Waals surface area contributed by atoms with Crippen LogP contribution in [0.4, 0.5) is 0 Å². The van der Waals surface area contributed by atoms with Crippen molar-refractivity contribution >= 4 is 23.2 Å². The molecule has 0 spiro atoms. The minimum atomic E-state index is -0.989. The van der Waals surface area contributed by atoms with Gasteiger partial charge in [0, 0.05) is 11.9 Å². The second-order valence-corrected chi connectivity index (χ2v) is 5.37. The highest BCUT2D eigenvalue weighted by Gasteiger charge is 2.32. The lowest BCUT2D eigenvalue weighted by Crippen LogP contribution is -2.57. The van der Waals surface area contributed by atoms with Gasteiger partial charge in [0.2, 0.25) is 5.91 Å². The molecule has 3 rings (SSSR count). The van der Waals surface area contributed by atoms with E-state index in [1.807, 2.05) is 16.8 Å². The first kappa shape index (κ1) is 13.7. The zero-order valence-electron chi connectivity index (χ0n) is 10.9. The first-order chi connectivity index (χ1) is 10.1. The van der Waals surface area contributed by atoms with Crippen LogP contribution in [0.1, 0.15) is 5.82 Å². The highest BCUT2D eigenvalue weighted by molar-refractivity contribution is 7.08. The van der Waals surface area contributed by atoms with E-state index in [0.717, 1.165) is 5.56 Å². The molecule has 1 aliphatic heterocycles. The molecule has 2 N–H and O–H groups in total. The fourth-order valence-electron chi connectivity index (χ4n) is 2.10. The summed E-state index contributed by atoms with van der Waals surface area (Å²) in [4.78, 5) is 28.4. The average molecular weight is 308 g/mol. The number of nitrogens with zero attached hydrogens (tertiary/aromatic N) is 3. The number of amides is 1. The Morgan fingerprint density at radius 2 is 2.48 bits per heavy atom. The molecule has 1 atom stereocenters. The summed E-state index contributed by atoms with van der Waals surface area (Å²) in [5, 5.41) is 19.3. The van der Waals surface area contributed by atoms with E-state index in [1.54, 1.807) is 0 Å². The zero-order valence-corrected chi connectivity index (χ0v) is 11.7. The summed E-state index contributed by atoms with van der Waals surface area (Å²) in [6.45, 7) is 0.223. The number of carbonyl (C=O) groups excluding carboxylic acids is 1. The van der Waals surface area contributed by atoms with Gasteiger partial charge in [0.1, 0.15) is 6.04 Å². The number of carboxylic acid groups (broad SMARTS) is 1. The minimum Gasteiger partial charge on any atom is -0.480 e. The smallest absolute Gasteiger partial charge is 0.322 e. The summed E-state index contributed by atoms with van der Waals surface area (Å²) in [5.41, 5.74) is 0.824. The predicted molar refractivity (Wildman–Crippen MR) is 72.5 cm³/mol. The second kappa shape index (κ2) is 5.62. The van der Waals surface area contributed by atoms with Gasteiger partial charge < -0.3 is 14.9 Å². The summed E-state index contributed by atoms with van der Waals surface area (Å²) in [7, 11) is 0. The van der Waals surface area contributed by atoms with Crippen LogP contribution < -0.4 is 5.32 Å². The third-order valence-corrected chi connectivity index (χ3v) is 3.83. The monoisotopic (exact) mass is 308 g/mol. The maximum atomic E-state index is 11.4. The molecule has 0 aromatic carbocycles. The van der Waals surface area contributed by atoms with Crippen LogP contribution in [-0.2, 0) is 16.1 Å². The van der Waals surface area contributed by atoms with Gasteiger partial charge >= 0.3 is 5.97 Å². The van der Waals surface area contributed by atoms with E-state index < -0.39 is 12.0 Å². The SMILES string of the molecule is O=C1CN(Cc2noc(-c3ccsc3)n2)C(C(=O)O)CN1. The van der Waals surface area contributed by atoms with E-state index in [2.05, 4.69) is 15.5 Å². The van der Waals surface area contributed by atoms with Gasteiger partial charge in [-0.25, -0.2) is 0 Å². The minimum absolute atomic E-state index is 0.000703. The van der Waals surface area contributed by atoms with Crippen LogP contribution in [0, 0.1) is 0 Å². The molecule has 2 aromatic heterocycles. The molecule has 1 amide bonds. The van der Waals surface area contributed by atoms with Gasteiger partial charge in [-0.2, -0.15) is 16.3 Å². The number of aromatic nitrogens is 2. The number of hydrogen-bond donors (Lipinski definition) is 2. The normalized spacial score (nSPS) is 19.4. The molecular weight excluding hydrogens is 296 g/mol. The van der Waals surface area contributed by atoms with Gasteiger partial charge in [0.05, 0.1) is 18.7 Å². The maximum Gasteiger partial charge on any atom is 0.322 e. The molecule has 21 heavy (non-hydrogen) atoms. The highest BCUT2D eigenvalue weighted by atomic mass is 32.1. The molecule has 110 valence electrons. The Kier molecular flexibility index (Phi) is 3.67. The number of carboxylic acids is 1. The first-order valence-corrected chi connectivity index (χ1v) is 7.16. The van der Waals surface area contributed by atoms with E-state index in [-0.39, 0.29) is 25.5 Å². The van der Waals surface area contributed by atoms with Crippen molar-refractivity contribution in [2.75, 3.05) is 13.1 Å². The fraction of sp³-hybridized carbons (Fsp3) is 0.333. The zero-order chi connectivity index (χ0) is 14.8. The largest absolute Gasteiger partial charge is 0.480 e. The van der Waals surface area contributed by atoms with Crippen LogP contribution in [0.25, 0.3) is 11.5 Å². The van der Waals surface area contributed by atoms with Gasteiger partial charge in [0.25, 0.3) is 5.89 Å². The lowest BCUT2D eigenvalue weighted by atomic mass is 10.2. The molecule has 0 saturated carbocycles. The van der Waals surface area contributed by atoms with E-state index in [1.165, 1.54) is 16.2 Å². The average Bonchev–Trinajstić information content (AvgIpc) is 3.08. The van der Waals surface area contributed by atoms with Crippen molar-refractivity contribution in [3.63, 3.8) is 0 Å². The number of rotatable bonds is 4. The van der Waals surface area contributed by atoms with Gasteiger partial charge in [-0.15, -0.1) is 0 Å². The Morgan fingerprint density at radius 1 is 1.62 bits per heavy atom. The quantitative estimate of drug-likeness (QED) is 0.829. The van der Waals surface area contributed by atoms with Crippen molar-refractivity contribution in [3.05, 3.63) is 22.7 Å². The van der Waals surface area contributed by atoms with Crippen LogP contribution in [0.15, 0.2) is 21.3 Å². The van der Waals surface area contributed by atoms with Gasteiger partial charge in [-0.3, -0.25) is 14.5 Å². The van der Waals surface area contributed by atoms with Gasteiger partial charge in [-0.05, 0) is 11.4 Å². The van der Waals surface area contributed by atoms with E-state index >= 15 is 0 Å². The number of aliphatic carboxylic acids is 1. The summed E-state index contributed by atoms with van der Waals surface area (Å²) < 4.78 is 5.14. The number of piperazine rings is 1. The van der Waals surface area contributed by atoms with Crippen molar-refractivity contribution in [2.45, 2.75) is 12.6 Å². The lowest BCUT2D eigenvalue weighted by molar-refractivity contribution is -0.146. The van der Waals surface area contributed by atoms with Crippen molar-refractivity contribution in [1.82, 2.24) is 20.4 Å². The predicted octanol–water partition coefficient (Wildman–Crippen LogP) is 0.183. The molecular formula is C12H12N4O4S. The fourth-order valence-corrected chi connectivity index (χ4v) is 2.73. The maximum absolute atomic E-state index is 11.4. The Labute approximate surface area is 123 Å². The summed E-state index contributed by atoms with van der Waals surface area (Å²) >= 11 is 1.52. The van der Waals surface area contributed by atoms with E-state index in [4.69, 9.17) is 4.52 Å². The molecule has 8 nitrogen and oxygen atoms in total. The van der Waals surface area contributed by atoms with Crippen molar-refractivity contribution in [3.8, 4) is 11.5 Å². The van der Waals surface area contributed by atoms with E-state index in [9.17, 15) is 14.7 Å². The third-order valence-electron chi connectivity index (χ3n) is 3.15. The van der Waals surface area contributed by atoms with Crippen molar-refractivity contribution in [2.24, 2.45) is 0 Å². The number of carbonyl (C=O) groups is 2. The number of thiophene rings is 1. The topological polar surface area (TPSA) is 109 Å². The van der Waals surface area contributed by atoms with Gasteiger partial charge in [-0.1, -0.05) is 5.16 Å². The Balaban J connectivity index is 1.75. The van der Waals surface area contributed by atoms with Crippen molar-refractivity contribution in [1.29, 1.82) is 0 Å². The Bertz CT molecular complexity index is 654. The summed E-state index contributed by atoms with van der Waals surface area (Å²) in [5.74, 6) is -0.456. The molecule has 3 heterocycles. The molecule has 9 heteroatoms. The molecule has 2 aromatic rings. The first-order valence-electron chi connectivity index (χ1n) is 6.22. The number of hydrogen-bond acceptors (Lipinski definition) is 7. The molecule has 1 saturated heterocycles. The molecule has 1 unspecified atom stereocenters. The summed E-state index contributed by atoms with van der Waals surface area (Å²) in [6.07, 6.45) is 0. The van der Waals surface area contributed by atoms with Crippen LogP contribution in [0.5, 0.6) is 0 Å². The van der Waals surface area contributed by atoms with Gasteiger partial charge in [0.15, 0.2) is 5.82 Å². The van der Waals surface area contributed by atoms with Crippen LogP contribution in [-0.4, -0.2) is 51.2 Å². The molecule has 0 bridgehead atoms. The van der Waals surface area contributed by atoms with E-state index in [0.29, 0.717) is 11.7 Å². The standard InChI is InChI=1S/C12H12N4O4S/c17-10-5-16(8(3-13-10)12(18)19)4-9-14-11(20-15-9)7-1-2-21-6-7/h1-2,6,8H,3-5H2,(H,13,17)(H,18,19). The molecule has 0 radical (unpaired) electrons. The second-order valence-electron chi connectivity index (χ2n) is 4.59. The van der Waals surface area contributed by atoms with Crippen LogP contribution in [0.3, 0.4) is 0 Å². The lowest BCUT2D eigenvalue weighted by Gasteiger charge is -2.31. The third kappa shape index (κ3) is 2.93. The number of nitrogens with one attached hydrogen (secondary N) is 1. The highest BCUT2D eigenvalue weighted by Crippen LogP contribution is 2.20. The van der Waals surface area contributed by atoms with Crippen LogP contribution in [0.2, 0.25) is 0 Å². The molecule has 0 aliphatic carbocycles. The molecule has 1 aliphatic rings. The van der Waals surface area contributed by atoms with Crippen molar-refractivity contribution < 1.29 is 19.2 Å². The Morgan fingerprint density at radius 3 is 3.19 bits per heavy atom. The Hall–Kier alpha value is -2.26. The summed E-state index contributed by atoms with van der Waals surface area (Å²) in [6, 6.07) is 1.07. The molecule has 1 fully saturated rings. The van der Waals surface area contributed by atoms with Crippen LogP contribution >= 0.6 is 11.3 Å².